The van der Waals surface area contributed by atoms with Crippen LogP contribution in [0.3, 0.4) is 0 Å². The van der Waals surface area contributed by atoms with Crippen LogP contribution in [0.25, 0.3) is 0 Å². The fourth-order valence-corrected chi connectivity index (χ4v) is 2.91. The second-order valence-electron chi connectivity index (χ2n) is 2.89. The van der Waals surface area contributed by atoms with E-state index in [1.165, 1.54) is 0 Å². The third kappa shape index (κ3) is 4.87. The fourth-order valence-electron chi connectivity index (χ4n) is 1.19. The molecule has 0 aliphatic heterocycles. The van der Waals surface area contributed by atoms with Gasteiger partial charge in [0.15, 0.2) is 0 Å². The summed E-state index contributed by atoms with van der Waals surface area (Å²) >= 11 is 0. The molecule has 84 valence electrons. The second-order valence-corrected chi connectivity index (χ2v) is 5.98. The van der Waals surface area contributed by atoms with Gasteiger partial charge in [0.1, 0.15) is 0 Å². The van der Waals surface area contributed by atoms with Gasteiger partial charge in [-0.25, -0.2) is 0 Å². The van der Waals surface area contributed by atoms with E-state index in [2.05, 4.69) is 11.9 Å². The van der Waals surface area contributed by atoms with Crippen LogP contribution in [0.2, 0.25) is 6.04 Å². The molecule has 0 aliphatic carbocycles. The largest absolute Gasteiger partial charge is 0.500 e. The third-order valence-electron chi connectivity index (χ3n) is 2.06. The van der Waals surface area contributed by atoms with Crippen molar-refractivity contribution in [3.63, 3.8) is 0 Å². The van der Waals surface area contributed by atoms with Crippen LogP contribution >= 0.6 is 0 Å². The first-order valence-corrected chi connectivity index (χ1v) is 6.65. The molecule has 0 heterocycles. The molecule has 0 atom stereocenters. The summed E-state index contributed by atoms with van der Waals surface area (Å²) in [4.78, 5) is 0. The Bertz CT molecular complexity index is 143. The average molecular weight is 219 g/mol. The van der Waals surface area contributed by atoms with Gasteiger partial charge in [0.05, 0.1) is 0 Å². The molecule has 0 radical (unpaired) electrons. The summed E-state index contributed by atoms with van der Waals surface area (Å²) in [5, 5.41) is 3.22. The van der Waals surface area contributed by atoms with E-state index >= 15 is 0 Å². The van der Waals surface area contributed by atoms with Gasteiger partial charge in [-0.1, -0.05) is 6.08 Å². The van der Waals surface area contributed by atoms with Crippen LogP contribution in [0.15, 0.2) is 12.7 Å². The van der Waals surface area contributed by atoms with E-state index in [4.69, 9.17) is 13.3 Å². The molecular formula is C9H21NO3Si. The van der Waals surface area contributed by atoms with E-state index in [-0.39, 0.29) is 0 Å². The van der Waals surface area contributed by atoms with Gasteiger partial charge in [-0.2, -0.15) is 0 Å². The zero-order valence-electron chi connectivity index (χ0n) is 9.34. The van der Waals surface area contributed by atoms with Gasteiger partial charge in [-0.15, -0.1) is 6.58 Å². The van der Waals surface area contributed by atoms with Crippen molar-refractivity contribution in [1.29, 1.82) is 0 Å². The van der Waals surface area contributed by atoms with Gasteiger partial charge in [-0.3, -0.25) is 0 Å². The van der Waals surface area contributed by atoms with E-state index in [0.29, 0.717) is 0 Å². The fraction of sp³-hybridized carbons (Fsp3) is 0.778. The summed E-state index contributed by atoms with van der Waals surface area (Å²) in [5.41, 5.74) is 0. The molecule has 0 aliphatic rings. The van der Waals surface area contributed by atoms with Crippen LogP contribution < -0.4 is 5.32 Å². The van der Waals surface area contributed by atoms with Crippen molar-refractivity contribution in [2.45, 2.75) is 12.5 Å². The molecule has 0 aromatic carbocycles. The van der Waals surface area contributed by atoms with Gasteiger partial charge in [-0.05, 0) is 13.0 Å². The average Bonchev–Trinajstić information content (AvgIpc) is 2.24. The Morgan fingerprint density at radius 2 is 1.79 bits per heavy atom. The van der Waals surface area contributed by atoms with Crippen molar-refractivity contribution in [1.82, 2.24) is 5.32 Å². The standard InChI is InChI=1S/C9H21NO3Si/c1-5-7-10-8-6-9-14(11-2,12-3)13-4/h5,10H,1,6-9H2,2-4H3. The van der Waals surface area contributed by atoms with Gasteiger partial charge in [0.25, 0.3) is 0 Å². The first kappa shape index (κ1) is 13.8. The van der Waals surface area contributed by atoms with Crippen molar-refractivity contribution in [2.75, 3.05) is 34.4 Å². The Hall–Kier alpha value is -0.203. The first-order chi connectivity index (χ1) is 6.74. The van der Waals surface area contributed by atoms with Gasteiger partial charge >= 0.3 is 8.80 Å². The van der Waals surface area contributed by atoms with Crippen molar-refractivity contribution in [2.24, 2.45) is 0 Å². The van der Waals surface area contributed by atoms with Crippen LogP contribution in [0, 0.1) is 0 Å². The van der Waals surface area contributed by atoms with E-state index < -0.39 is 8.80 Å². The molecule has 14 heavy (non-hydrogen) atoms. The van der Waals surface area contributed by atoms with Gasteiger partial charge in [0.2, 0.25) is 0 Å². The number of nitrogens with one attached hydrogen (secondary N) is 1. The highest BCUT2D eigenvalue weighted by molar-refractivity contribution is 6.60. The number of rotatable bonds is 9. The first-order valence-electron chi connectivity index (χ1n) is 4.71. The molecule has 0 spiro atoms. The Morgan fingerprint density at radius 3 is 2.21 bits per heavy atom. The van der Waals surface area contributed by atoms with Crippen LogP contribution in [0.4, 0.5) is 0 Å². The lowest BCUT2D eigenvalue weighted by Gasteiger charge is -2.24. The zero-order valence-corrected chi connectivity index (χ0v) is 10.3. The van der Waals surface area contributed by atoms with Crippen molar-refractivity contribution >= 4 is 8.80 Å². The number of hydrogen-bond acceptors (Lipinski definition) is 4. The maximum Gasteiger partial charge on any atom is 0.500 e. The Morgan fingerprint density at radius 1 is 1.21 bits per heavy atom. The van der Waals surface area contributed by atoms with E-state index in [1.807, 2.05) is 6.08 Å². The molecule has 0 bridgehead atoms. The highest BCUT2D eigenvalue weighted by atomic mass is 28.4. The summed E-state index contributed by atoms with van der Waals surface area (Å²) in [5.74, 6) is 0. The number of hydrogen-bond donors (Lipinski definition) is 1. The summed E-state index contributed by atoms with van der Waals surface area (Å²) in [6.45, 7) is 5.39. The highest BCUT2D eigenvalue weighted by Crippen LogP contribution is 2.14. The van der Waals surface area contributed by atoms with Crippen LogP contribution in [-0.2, 0) is 13.3 Å². The topological polar surface area (TPSA) is 39.7 Å². The van der Waals surface area contributed by atoms with E-state index in [1.54, 1.807) is 21.3 Å². The lowest BCUT2D eigenvalue weighted by Crippen LogP contribution is -2.43. The minimum atomic E-state index is -2.34. The molecule has 0 rings (SSSR count). The molecule has 0 amide bonds. The molecule has 0 saturated carbocycles. The van der Waals surface area contributed by atoms with Gasteiger partial charge in [0, 0.05) is 33.9 Å². The second kappa shape index (κ2) is 8.13. The normalized spacial score (nSPS) is 11.6. The maximum absolute atomic E-state index is 5.29. The molecule has 0 fully saturated rings. The summed E-state index contributed by atoms with van der Waals surface area (Å²) in [6, 6.07) is 0.834. The van der Waals surface area contributed by atoms with Crippen molar-refractivity contribution in [3.8, 4) is 0 Å². The van der Waals surface area contributed by atoms with Crippen molar-refractivity contribution in [3.05, 3.63) is 12.7 Å². The summed E-state index contributed by atoms with van der Waals surface area (Å²) in [6.07, 6.45) is 2.82. The predicted molar refractivity (Wildman–Crippen MR) is 59.3 cm³/mol. The lowest BCUT2D eigenvalue weighted by molar-refractivity contribution is 0.123. The molecule has 5 heteroatoms. The van der Waals surface area contributed by atoms with E-state index in [0.717, 1.165) is 25.6 Å². The Balaban J connectivity index is 3.65. The summed E-state index contributed by atoms with van der Waals surface area (Å²) in [7, 11) is 2.56. The molecule has 0 aromatic heterocycles. The Kier molecular flexibility index (Phi) is 8.02. The smallest absolute Gasteiger partial charge is 0.377 e. The molecule has 0 saturated heterocycles. The predicted octanol–water partition coefficient (Wildman–Crippen LogP) is 1.03. The molecule has 0 aromatic rings. The van der Waals surface area contributed by atoms with Gasteiger partial charge < -0.3 is 18.6 Å². The monoisotopic (exact) mass is 219 g/mol. The van der Waals surface area contributed by atoms with E-state index in [9.17, 15) is 0 Å². The zero-order chi connectivity index (χ0) is 10.9. The third-order valence-corrected chi connectivity index (χ3v) is 4.89. The Labute approximate surface area is 87.6 Å². The SMILES string of the molecule is C=CCNCCC[Si](OC)(OC)OC. The minimum absolute atomic E-state index is 0.834. The highest BCUT2D eigenvalue weighted by Gasteiger charge is 2.36. The minimum Gasteiger partial charge on any atom is -0.377 e. The molecule has 1 N–H and O–H groups in total. The molecule has 4 nitrogen and oxygen atoms in total. The maximum atomic E-state index is 5.29. The van der Waals surface area contributed by atoms with Crippen LogP contribution in [0.5, 0.6) is 0 Å². The van der Waals surface area contributed by atoms with Crippen LogP contribution in [-0.4, -0.2) is 43.2 Å². The molecular weight excluding hydrogens is 198 g/mol. The van der Waals surface area contributed by atoms with Crippen LogP contribution in [0.1, 0.15) is 6.42 Å². The quantitative estimate of drug-likeness (QED) is 0.357. The lowest BCUT2D eigenvalue weighted by atomic mass is 10.4. The summed E-state index contributed by atoms with van der Waals surface area (Å²) < 4.78 is 15.9. The van der Waals surface area contributed by atoms with Crippen molar-refractivity contribution < 1.29 is 13.3 Å². The molecule has 0 unspecified atom stereocenters.